The Labute approximate surface area is 85.0 Å². The maximum atomic E-state index is 12.6. The van der Waals surface area contributed by atoms with Crippen LogP contribution in [0.25, 0.3) is 0 Å². The third-order valence-corrected chi connectivity index (χ3v) is 1.97. The second kappa shape index (κ2) is 4.77. The van der Waals surface area contributed by atoms with Gasteiger partial charge in [0.2, 0.25) is 0 Å². The number of hydrogen-bond acceptors (Lipinski definition) is 4. The number of aromatic nitrogens is 1. The van der Waals surface area contributed by atoms with Crippen LogP contribution in [-0.2, 0) is 13.2 Å². The highest BCUT2D eigenvalue weighted by Gasteiger charge is 2.20. The maximum absolute atomic E-state index is 12.6. The summed E-state index contributed by atoms with van der Waals surface area (Å²) in [7, 11) is 0. The normalized spacial score (nSPS) is 10.4. The summed E-state index contributed by atoms with van der Waals surface area (Å²) in [6, 6.07) is 1.64. The van der Waals surface area contributed by atoms with Crippen molar-refractivity contribution >= 4 is 0 Å². The van der Waals surface area contributed by atoms with E-state index in [4.69, 9.17) is 16.1 Å². The lowest BCUT2D eigenvalue weighted by Crippen LogP contribution is -2.09. The summed E-state index contributed by atoms with van der Waals surface area (Å²) in [5, 5.41) is 17.6. The lowest BCUT2D eigenvalue weighted by atomic mass is 10.0. The second-order valence-corrected chi connectivity index (χ2v) is 2.79. The smallest absolute Gasteiger partial charge is 0.265 e. The molecule has 4 nitrogen and oxygen atoms in total. The minimum atomic E-state index is -2.82. The first-order chi connectivity index (χ1) is 7.15. The second-order valence-electron chi connectivity index (χ2n) is 2.79. The van der Waals surface area contributed by atoms with Gasteiger partial charge in [-0.15, -0.1) is 0 Å². The molecule has 3 N–H and O–H groups in total. The largest absolute Gasteiger partial charge is 0.392 e. The van der Waals surface area contributed by atoms with E-state index in [9.17, 15) is 8.78 Å². The van der Waals surface area contributed by atoms with Crippen LogP contribution >= 0.6 is 0 Å². The van der Waals surface area contributed by atoms with Gasteiger partial charge in [0.15, 0.2) is 0 Å². The Morgan fingerprint density at radius 3 is 2.67 bits per heavy atom. The summed E-state index contributed by atoms with van der Waals surface area (Å²) < 4.78 is 25.3. The van der Waals surface area contributed by atoms with E-state index in [1.807, 2.05) is 0 Å². The Bertz CT molecular complexity index is 401. The number of rotatable bonds is 3. The molecule has 0 aliphatic heterocycles. The molecule has 1 heterocycles. The Hall–Kier alpha value is -1.58. The fourth-order valence-corrected chi connectivity index (χ4v) is 1.26. The summed E-state index contributed by atoms with van der Waals surface area (Å²) in [4.78, 5) is 3.74. The molecule has 0 fully saturated rings. The van der Waals surface area contributed by atoms with Gasteiger partial charge in [0.1, 0.15) is 6.07 Å². The Morgan fingerprint density at radius 2 is 2.27 bits per heavy atom. The highest BCUT2D eigenvalue weighted by Crippen LogP contribution is 2.27. The zero-order valence-corrected chi connectivity index (χ0v) is 7.74. The summed E-state index contributed by atoms with van der Waals surface area (Å²) in [5.74, 6) is 0. The molecule has 0 spiro atoms. The van der Waals surface area contributed by atoms with Crippen LogP contribution in [0.3, 0.4) is 0 Å². The van der Waals surface area contributed by atoms with Gasteiger partial charge in [-0.2, -0.15) is 5.26 Å². The van der Waals surface area contributed by atoms with Gasteiger partial charge in [-0.05, 0) is 0 Å². The van der Waals surface area contributed by atoms with E-state index in [1.165, 1.54) is 0 Å². The molecule has 15 heavy (non-hydrogen) atoms. The monoisotopic (exact) mass is 213 g/mol. The molecule has 0 amide bonds. The molecule has 0 radical (unpaired) electrons. The summed E-state index contributed by atoms with van der Waals surface area (Å²) in [6.45, 7) is -0.666. The first-order valence-electron chi connectivity index (χ1n) is 4.15. The number of nitrogens with two attached hydrogens (primary N) is 1. The highest BCUT2D eigenvalue weighted by atomic mass is 19.3. The van der Waals surface area contributed by atoms with E-state index < -0.39 is 18.6 Å². The lowest BCUT2D eigenvalue weighted by Gasteiger charge is -2.10. The van der Waals surface area contributed by atoms with E-state index in [-0.39, 0.29) is 23.4 Å². The van der Waals surface area contributed by atoms with Crippen LogP contribution in [0.2, 0.25) is 0 Å². The minimum Gasteiger partial charge on any atom is -0.392 e. The number of nitrogens with zero attached hydrogens (tertiary/aromatic N) is 2. The molecule has 0 saturated carbocycles. The Kier molecular flexibility index (Phi) is 3.66. The molecule has 0 bridgehead atoms. The molecular formula is C9H9F2N3O. The fourth-order valence-electron chi connectivity index (χ4n) is 1.26. The molecular weight excluding hydrogens is 204 g/mol. The van der Waals surface area contributed by atoms with Crippen molar-refractivity contribution in [2.45, 2.75) is 19.6 Å². The first-order valence-corrected chi connectivity index (χ1v) is 4.15. The fraction of sp³-hybridized carbons (Fsp3) is 0.333. The van der Waals surface area contributed by atoms with Crippen molar-refractivity contribution in [1.29, 1.82) is 5.26 Å². The van der Waals surface area contributed by atoms with Crippen LogP contribution in [0.5, 0.6) is 0 Å². The summed E-state index contributed by atoms with van der Waals surface area (Å²) in [5.41, 5.74) is 4.63. The number of aliphatic hydroxyl groups excluding tert-OH is 1. The molecule has 0 atom stereocenters. The number of aliphatic hydroxyl groups is 1. The summed E-state index contributed by atoms with van der Waals surface area (Å²) >= 11 is 0. The predicted octanol–water partition coefficient (Wildman–Crippen LogP) is 0.842. The van der Waals surface area contributed by atoms with Gasteiger partial charge >= 0.3 is 0 Å². The predicted molar refractivity (Wildman–Crippen MR) is 47.7 cm³/mol. The van der Waals surface area contributed by atoms with Gasteiger partial charge in [0.25, 0.3) is 6.43 Å². The zero-order valence-electron chi connectivity index (χ0n) is 7.74. The van der Waals surface area contributed by atoms with Crippen LogP contribution in [0.15, 0.2) is 6.20 Å². The average Bonchev–Trinajstić information content (AvgIpc) is 2.26. The van der Waals surface area contributed by atoms with E-state index in [2.05, 4.69) is 4.98 Å². The molecule has 1 aromatic rings. The third-order valence-electron chi connectivity index (χ3n) is 1.97. The van der Waals surface area contributed by atoms with Crippen molar-refractivity contribution in [3.63, 3.8) is 0 Å². The summed E-state index contributed by atoms with van der Waals surface area (Å²) in [6.07, 6.45) is -1.71. The van der Waals surface area contributed by atoms with E-state index in [0.29, 0.717) is 0 Å². The van der Waals surface area contributed by atoms with Crippen molar-refractivity contribution in [3.05, 3.63) is 28.6 Å². The van der Waals surface area contributed by atoms with E-state index >= 15 is 0 Å². The lowest BCUT2D eigenvalue weighted by molar-refractivity contribution is 0.146. The van der Waals surface area contributed by atoms with Crippen LogP contribution in [0, 0.1) is 11.3 Å². The Balaban J connectivity index is 3.46. The van der Waals surface area contributed by atoms with Gasteiger partial charge < -0.3 is 10.8 Å². The van der Waals surface area contributed by atoms with Crippen LogP contribution in [0.4, 0.5) is 8.78 Å². The quantitative estimate of drug-likeness (QED) is 0.779. The van der Waals surface area contributed by atoms with Crippen molar-refractivity contribution in [2.75, 3.05) is 0 Å². The SMILES string of the molecule is N#Cc1c(CN)ncc(CO)c1C(F)F. The minimum absolute atomic E-state index is 0.0428. The number of alkyl halides is 2. The van der Waals surface area contributed by atoms with Crippen molar-refractivity contribution < 1.29 is 13.9 Å². The number of nitriles is 1. The van der Waals surface area contributed by atoms with E-state index in [0.717, 1.165) is 6.20 Å². The van der Waals surface area contributed by atoms with Gasteiger partial charge in [0.05, 0.1) is 17.9 Å². The van der Waals surface area contributed by atoms with Crippen LogP contribution < -0.4 is 5.73 Å². The van der Waals surface area contributed by atoms with Crippen molar-refractivity contribution in [2.24, 2.45) is 5.73 Å². The number of pyridine rings is 1. The third kappa shape index (κ3) is 2.09. The standard InChI is InChI=1S/C9H9F2N3O/c10-9(11)8-5(4-15)3-14-7(2-13)6(8)1-12/h3,9,15H,2,4,13H2. The van der Waals surface area contributed by atoms with Crippen molar-refractivity contribution in [3.8, 4) is 6.07 Å². The molecule has 0 aliphatic rings. The first kappa shape index (κ1) is 11.5. The highest BCUT2D eigenvalue weighted by molar-refractivity contribution is 5.45. The molecule has 0 aromatic carbocycles. The number of halogens is 2. The Morgan fingerprint density at radius 1 is 1.60 bits per heavy atom. The average molecular weight is 213 g/mol. The molecule has 1 aromatic heterocycles. The zero-order chi connectivity index (χ0) is 11.4. The molecule has 0 saturated heterocycles. The molecule has 1 rings (SSSR count). The van der Waals surface area contributed by atoms with E-state index in [1.54, 1.807) is 6.07 Å². The van der Waals surface area contributed by atoms with Gasteiger partial charge in [-0.1, -0.05) is 0 Å². The number of hydrogen-bond donors (Lipinski definition) is 2. The van der Waals surface area contributed by atoms with Gasteiger partial charge in [0, 0.05) is 23.9 Å². The molecule has 0 unspecified atom stereocenters. The maximum Gasteiger partial charge on any atom is 0.265 e. The molecule has 6 heteroatoms. The van der Waals surface area contributed by atoms with Crippen LogP contribution in [0.1, 0.15) is 28.8 Å². The topological polar surface area (TPSA) is 82.9 Å². The molecule has 80 valence electrons. The van der Waals surface area contributed by atoms with Gasteiger partial charge in [-0.3, -0.25) is 4.98 Å². The van der Waals surface area contributed by atoms with Crippen molar-refractivity contribution in [1.82, 2.24) is 4.98 Å². The molecule has 0 aliphatic carbocycles. The van der Waals surface area contributed by atoms with Crippen LogP contribution in [-0.4, -0.2) is 10.1 Å². The van der Waals surface area contributed by atoms with Gasteiger partial charge in [-0.25, -0.2) is 8.78 Å².